The summed E-state index contributed by atoms with van der Waals surface area (Å²) >= 11 is 1.86. The SMILES string of the molecule is CC(C)C(N)CCN(Cc1cccs1)C1CC1. The summed E-state index contributed by atoms with van der Waals surface area (Å²) in [6.45, 7) is 6.70. The molecule has 17 heavy (non-hydrogen) atoms. The zero-order chi connectivity index (χ0) is 12.3. The molecule has 0 aliphatic heterocycles. The minimum atomic E-state index is 0.347. The van der Waals surface area contributed by atoms with Crippen LogP contribution in [0.4, 0.5) is 0 Å². The highest BCUT2D eigenvalue weighted by molar-refractivity contribution is 7.09. The minimum Gasteiger partial charge on any atom is -0.327 e. The van der Waals surface area contributed by atoms with Crippen LogP contribution in [0.1, 0.15) is 38.0 Å². The third-order valence-corrected chi connectivity index (χ3v) is 4.47. The van der Waals surface area contributed by atoms with E-state index < -0.39 is 0 Å². The molecule has 1 aliphatic carbocycles. The summed E-state index contributed by atoms with van der Waals surface area (Å²) in [6, 6.07) is 5.56. The number of rotatable bonds is 7. The van der Waals surface area contributed by atoms with Crippen molar-refractivity contribution in [2.75, 3.05) is 6.54 Å². The number of nitrogens with two attached hydrogens (primary N) is 1. The summed E-state index contributed by atoms with van der Waals surface area (Å²) in [5.74, 6) is 0.595. The summed E-state index contributed by atoms with van der Waals surface area (Å²) in [6.07, 6.45) is 3.88. The minimum absolute atomic E-state index is 0.347. The molecule has 0 amide bonds. The van der Waals surface area contributed by atoms with Crippen LogP contribution in [-0.2, 0) is 6.54 Å². The average Bonchev–Trinajstić information content (AvgIpc) is 3.02. The Morgan fingerprint density at radius 1 is 1.47 bits per heavy atom. The maximum absolute atomic E-state index is 6.13. The molecule has 1 aromatic heterocycles. The van der Waals surface area contributed by atoms with Crippen molar-refractivity contribution < 1.29 is 0 Å². The molecule has 0 bridgehead atoms. The Labute approximate surface area is 109 Å². The van der Waals surface area contributed by atoms with Gasteiger partial charge in [0.1, 0.15) is 0 Å². The topological polar surface area (TPSA) is 29.3 Å². The van der Waals surface area contributed by atoms with Crippen molar-refractivity contribution in [1.29, 1.82) is 0 Å². The highest BCUT2D eigenvalue weighted by Crippen LogP contribution is 2.29. The van der Waals surface area contributed by atoms with Gasteiger partial charge in [-0.25, -0.2) is 0 Å². The molecular weight excluding hydrogens is 228 g/mol. The highest BCUT2D eigenvalue weighted by Gasteiger charge is 2.29. The van der Waals surface area contributed by atoms with E-state index in [4.69, 9.17) is 5.73 Å². The van der Waals surface area contributed by atoms with Gasteiger partial charge in [-0.05, 0) is 36.6 Å². The zero-order valence-corrected chi connectivity index (χ0v) is 11.7. The number of nitrogens with zero attached hydrogens (tertiary/aromatic N) is 1. The lowest BCUT2D eigenvalue weighted by molar-refractivity contribution is 0.238. The van der Waals surface area contributed by atoms with Crippen LogP contribution in [-0.4, -0.2) is 23.5 Å². The van der Waals surface area contributed by atoms with E-state index in [0.717, 1.165) is 25.6 Å². The second-order valence-corrected chi connectivity index (χ2v) is 6.51. The Hall–Kier alpha value is -0.380. The number of thiophene rings is 1. The van der Waals surface area contributed by atoms with E-state index in [0.29, 0.717) is 12.0 Å². The molecular formula is C14H24N2S. The highest BCUT2D eigenvalue weighted by atomic mass is 32.1. The van der Waals surface area contributed by atoms with E-state index in [-0.39, 0.29) is 0 Å². The second-order valence-electron chi connectivity index (χ2n) is 5.48. The van der Waals surface area contributed by atoms with Crippen LogP contribution in [0.3, 0.4) is 0 Å². The largest absolute Gasteiger partial charge is 0.327 e. The van der Waals surface area contributed by atoms with Crippen LogP contribution in [0.15, 0.2) is 17.5 Å². The van der Waals surface area contributed by atoms with E-state index in [1.165, 1.54) is 17.7 Å². The molecule has 0 radical (unpaired) electrons. The molecule has 0 saturated heterocycles. The van der Waals surface area contributed by atoms with Crippen molar-refractivity contribution in [1.82, 2.24) is 4.90 Å². The summed E-state index contributed by atoms with van der Waals surface area (Å²) < 4.78 is 0. The van der Waals surface area contributed by atoms with Crippen LogP contribution in [0.25, 0.3) is 0 Å². The lowest BCUT2D eigenvalue weighted by Gasteiger charge is -2.24. The smallest absolute Gasteiger partial charge is 0.0330 e. The van der Waals surface area contributed by atoms with Crippen LogP contribution in [0, 0.1) is 5.92 Å². The van der Waals surface area contributed by atoms with E-state index >= 15 is 0 Å². The van der Waals surface area contributed by atoms with Crippen LogP contribution >= 0.6 is 11.3 Å². The van der Waals surface area contributed by atoms with E-state index in [9.17, 15) is 0 Å². The first-order valence-electron chi connectivity index (χ1n) is 6.69. The van der Waals surface area contributed by atoms with Gasteiger partial charge >= 0.3 is 0 Å². The van der Waals surface area contributed by atoms with E-state index in [2.05, 4.69) is 36.3 Å². The van der Waals surface area contributed by atoms with Crippen LogP contribution < -0.4 is 5.73 Å². The normalized spacial score (nSPS) is 17.9. The van der Waals surface area contributed by atoms with Crippen molar-refractivity contribution in [3.05, 3.63) is 22.4 Å². The van der Waals surface area contributed by atoms with Crippen molar-refractivity contribution in [2.45, 2.75) is 51.7 Å². The Morgan fingerprint density at radius 3 is 2.76 bits per heavy atom. The fraction of sp³-hybridized carbons (Fsp3) is 0.714. The molecule has 1 aliphatic rings. The van der Waals surface area contributed by atoms with Gasteiger partial charge in [0.2, 0.25) is 0 Å². The Bertz CT molecular complexity index is 317. The second kappa shape index (κ2) is 5.98. The van der Waals surface area contributed by atoms with Crippen molar-refractivity contribution in [3.8, 4) is 0 Å². The lowest BCUT2D eigenvalue weighted by atomic mass is 10.0. The van der Waals surface area contributed by atoms with Gasteiger partial charge in [-0.15, -0.1) is 11.3 Å². The predicted molar refractivity (Wildman–Crippen MR) is 75.2 cm³/mol. The van der Waals surface area contributed by atoms with Crippen LogP contribution in [0.5, 0.6) is 0 Å². The van der Waals surface area contributed by atoms with Crippen molar-refractivity contribution in [3.63, 3.8) is 0 Å². The number of hydrogen-bond donors (Lipinski definition) is 1. The summed E-state index contributed by atoms with van der Waals surface area (Å²) in [5.41, 5.74) is 6.13. The standard InChI is InChI=1S/C14H24N2S/c1-11(2)14(15)7-8-16(12-5-6-12)10-13-4-3-9-17-13/h3-4,9,11-12,14H,5-8,10,15H2,1-2H3. The molecule has 0 spiro atoms. The fourth-order valence-electron chi connectivity index (χ4n) is 2.08. The molecule has 0 aromatic carbocycles. The summed E-state index contributed by atoms with van der Waals surface area (Å²) in [7, 11) is 0. The molecule has 1 aromatic rings. The van der Waals surface area contributed by atoms with E-state index in [1.807, 2.05) is 11.3 Å². The molecule has 1 atom stereocenters. The van der Waals surface area contributed by atoms with Gasteiger partial charge in [0.25, 0.3) is 0 Å². The first-order chi connectivity index (χ1) is 8.16. The monoisotopic (exact) mass is 252 g/mol. The fourth-order valence-corrected chi connectivity index (χ4v) is 2.81. The molecule has 2 N–H and O–H groups in total. The molecule has 1 saturated carbocycles. The molecule has 3 heteroatoms. The van der Waals surface area contributed by atoms with Gasteiger partial charge in [-0.3, -0.25) is 4.90 Å². The molecule has 2 nitrogen and oxygen atoms in total. The lowest BCUT2D eigenvalue weighted by Crippen LogP contribution is -2.34. The summed E-state index contributed by atoms with van der Waals surface area (Å²) in [5, 5.41) is 2.17. The average molecular weight is 252 g/mol. The Balaban J connectivity index is 1.81. The van der Waals surface area contributed by atoms with Crippen molar-refractivity contribution >= 4 is 11.3 Å². The molecule has 2 rings (SSSR count). The van der Waals surface area contributed by atoms with Crippen molar-refractivity contribution in [2.24, 2.45) is 11.7 Å². The Kier molecular flexibility index (Phi) is 4.60. The quantitative estimate of drug-likeness (QED) is 0.808. The molecule has 1 heterocycles. The Morgan fingerprint density at radius 2 is 2.24 bits per heavy atom. The first kappa shape index (κ1) is 13.1. The zero-order valence-electron chi connectivity index (χ0n) is 10.9. The number of hydrogen-bond acceptors (Lipinski definition) is 3. The van der Waals surface area contributed by atoms with Gasteiger partial charge in [0, 0.05) is 30.1 Å². The van der Waals surface area contributed by atoms with Crippen LogP contribution in [0.2, 0.25) is 0 Å². The molecule has 1 unspecified atom stereocenters. The molecule has 1 fully saturated rings. The summed E-state index contributed by atoms with van der Waals surface area (Å²) in [4.78, 5) is 4.10. The first-order valence-corrected chi connectivity index (χ1v) is 7.57. The van der Waals surface area contributed by atoms with Gasteiger partial charge in [-0.1, -0.05) is 19.9 Å². The molecule has 96 valence electrons. The maximum atomic E-state index is 6.13. The van der Waals surface area contributed by atoms with Gasteiger partial charge in [0.05, 0.1) is 0 Å². The third kappa shape index (κ3) is 4.09. The van der Waals surface area contributed by atoms with Gasteiger partial charge < -0.3 is 5.73 Å². The van der Waals surface area contributed by atoms with E-state index in [1.54, 1.807) is 0 Å². The van der Waals surface area contributed by atoms with Gasteiger partial charge in [0.15, 0.2) is 0 Å². The maximum Gasteiger partial charge on any atom is 0.0330 e. The van der Waals surface area contributed by atoms with Gasteiger partial charge in [-0.2, -0.15) is 0 Å². The predicted octanol–water partition coefficient (Wildman–Crippen LogP) is 3.09. The third-order valence-electron chi connectivity index (χ3n) is 3.61.